The molecule has 1 aliphatic rings. The van der Waals surface area contributed by atoms with E-state index in [0.717, 1.165) is 19.4 Å². The number of benzene rings is 1. The van der Waals surface area contributed by atoms with E-state index in [1.165, 1.54) is 18.4 Å². The van der Waals surface area contributed by atoms with Gasteiger partial charge >= 0.3 is 0 Å². The molecule has 1 saturated carbocycles. The summed E-state index contributed by atoms with van der Waals surface area (Å²) in [6.07, 6.45) is 4.60. The third-order valence-corrected chi connectivity index (χ3v) is 3.71. The predicted octanol–water partition coefficient (Wildman–Crippen LogP) is 2.47. The third kappa shape index (κ3) is 2.28. The van der Waals surface area contributed by atoms with E-state index < -0.39 is 0 Å². The maximum atomic E-state index is 6.33. The van der Waals surface area contributed by atoms with Crippen LogP contribution < -0.4 is 5.73 Å². The second-order valence-electron chi connectivity index (χ2n) is 4.76. The molecule has 0 aliphatic heterocycles. The molecule has 88 valence electrons. The molecule has 0 spiro atoms. The molecule has 1 fully saturated rings. The van der Waals surface area contributed by atoms with Crippen LogP contribution in [-0.2, 0) is 10.2 Å². The molecule has 1 unspecified atom stereocenters. The molecule has 1 aromatic rings. The zero-order valence-corrected chi connectivity index (χ0v) is 9.99. The van der Waals surface area contributed by atoms with Gasteiger partial charge in [-0.05, 0) is 31.2 Å². The second-order valence-corrected chi connectivity index (χ2v) is 4.76. The fraction of sp³-hybridized carbons (Fsp3) is 0.571. The van der Waals surface area contributed by atoms with Crippen molar-refractivity contribution in [1.82, 2.24) is 0 Å². The van der Waals surface area contributed by atoms with Crippen molar-refractivity contribution in [2.75, 3.05) is 13.7 Å². The van der Waals surface area contributed by atoms with Crippen LogP contribution in [0, 0.1) is 0 Å². The fourth-order valence-electron chi connectivity index (χ4n) is 2.50. The van der Waals surface area contributed by atoms with Crippen LogP contribution in [0.1, 0.15) is 31.2 Å². The molecule has 0 saturated heterocycles. The van der Waals surface area contributed by atoms with Crippen molar-refractivity contribution < 1.29 is 4.74 Å². The molecular weight excluding hydrogens is 198 g/mol. The van der Waals surface area contributed by atoms with Gasteiger partial charge in [0.2, 0.25) is 0 Å². The zero-order chi connectivity index (χ0) is 11.4. The Hall–Kier alpha value is -0.860. The Labute approximate surface area is 97.8 Å². The van der Waals surface area contributed by atoms with Crippen LogP contribution in [0.15, 0.2) is 30.3 Å². The Morgan fingerprint density at radius 2 is 2.00 bits per heavy atom. The van der Waals surface area contributed by atoms with E-state index in [0.29, 0.717) is 0 Å². The largest absolute Gasteiger partial charge is 0.385 e. The first kappa shape index (κ1) is 11.6. The average Bonchev–Trinajstić information content (AvgIpc) is 3.12. The van der Waals surface area contributed by atoms with Crippen molar-refractivity contribution in [3.8, 4) is 0 Å². The van der Waals surface area contributed by atoms with Crippen LogP contribution in [0.3, 0.4) is 0 Å². The molecule has 2 rings (SSSR count). The van der Waals surface area contributed by atoms with E-state index in [1.54, 1.807) is 7.11 Å². The molecule has 2 nitrogen and oxygen atoms in total. The lowest BCUT2D eigenvalue weighted by molar-refractivity contribution is 0.188. The van der Waals surface area contributed by atoms with Crippen LogP contribution in [0.5, 0.6) is 0 Å². The molecule has 0 amide bonds. The van der Waals surface area contributed by atoms with E-state index in [2.05, 4.69) is 30.3 Å². The SMILES string of the molecule is COCCCC(N)C1(c2ccccc2)CC1. The van der Waals surface area contributed by atoms with Gasteiger partial charge in [-0.15, -0.1) is 0 Å². The van der Waals surface area contributed by atoms with Gasteiger partial charge < -0.3 is 10.5 Å². The lowest BCUT2D eigenvalue weighted by atomic mass is 9.86. The first-order chi connectivity index (χ1) is 7.79. The molecule has 0 heterocycles. The smallest absolute Gasteiger partial charge is 0.0462 e. The van der Waals surface area contributed by atoms with Crippen LogP contribution in [0.2, 0.25) is 0 Å². The summed E-state index contributed by atoms with van der Waals surface area (Å²) >= 11 is 0. The van der Waals surface area contributed by atoms with Gasteiger partial charge in [0.05, 0.1) is 0 Å². The first-order valence-corrected chi connectivity index (χ1v) is 6.09. The summed E-state index contributed by atoms with van der Waals surface area (Å²) in [5.41, 5.74) is 8.02. The second kappa shape index (κ2) is 4.98. The summed E-state index contributed by atoms with van der Waals surface area (Å²) in [5, 5.41) is 0. The highest BCUT2D eigenvalue weighted by molar-refractivity contribution is 5.33. The Balaban J connectivity index is 1.97. The van der Waals surface area contributed by atoms with E-state index >= 15 is 0 Å². The lowest BCUT2D eigenvalue weighted by Crippen LogP contribution is -2.35. The maximum absolute atomic E-state index is 6.33. The summed E-state index contributed by atoms with van der Waals surface area (Å²) in [6, 6.07) is 11.0. The van der Waals surface area contributed by atoms with Crippen LogP contribution in [0.25, 0.3) is 0 Å². The standard InChI is InChI=1S/C14H21NO/c1-16-11-5-8-13(15)14(9-10-14)12-6-3-2-4-7-12/h2-4,6-7,13H,5,8-11,15H2,1H3. The average molecular weight is 219 g/mol. The summed E-state index contributed by atoms with van der Waals surface area (Å²) < 4.78 is 5.08. The molecular formula is C14H21NO. The fourth-order valence-corrected chi connectivity index (χ4v) is 2.50. The molecule has 1 atom stereocenters. The molecule has 0 radical (unpaired) electrons. The molecule has 2 heteroatoms. The summed E-state index contributed by atoms with van der Waals surface area (Å²) in [7, 11) is 1.75. The number of hydrogen-bond acceptors (Lipinski definition) is 2. The van der Waals surface area contributed by atoms with Crippen LogP contribution >= 0.6 is 0 Å². The minimum Gasteiger partial charge on any atom is -0.385 e. The van der Waals surface area contributed by atoms with Gasteiger partial charge in [0.1, 0.15) is 0 Å². The molecule has 16 heavy (non-hydrogen) atoms. The quantitative estimate of drug-likeness (QED) is 0.746. The van der Waals surface area contributed by atoms with E-state index in [1.807, 2.05) is 0 Å². The van der Waals surface area contributed by atoms with Gasteiger partial charge in [0, 0.05) is 25.2 Å². The highest BCUT2D eigenvalue weighted by Gasteiger charge is 2.48. The Morgan fingerprint density at radius 1 is 1.31 bits per heavy atom. The number of rotatable bonds is 6. The predicted molar refractivity (Wildman–Crippen MR) is 66.4 cm³/mol. The van der Waals surface area contributed by atoms with Gasteiger partial charge in [-0.3, -0.25) is 0 Å². The normalized spacial score (nSPS) is 19.4. The summed E-state index contributed by atoms with van der Waals surface area (Å²) in [5.74, 6) is 0. The lowest BCUT2D eigenvalue weighted by Gasteiger charge is -2.23. The van der Waals surface area contributed by atoms with E-state index in [-0.39, 0.29) is 11.5 Å². The minimum absolute atomic E-state index is 0.273. The Kier molecular flexibility index (Phi) is 3.62. The topological polar surface area (TPSA) is 35.2 Å². The van der Waals surface area contributed by atoms with E-state index in [9.17, 15) is 0 Å². The molecule has 1 aromatic carbocycles. The summed E-state index contributed by atoms with van der Waals surface area (Å²) in [6.45, 7) is 0.818. The minimum atomic E-state index is 0.273. The van der Waals surface area contributed by atoms with Crippen LogP contribution in [-0.4, -0.2) is 19.8 Å². The highest BCUT2D eigenvalue weighted by Crippen LogP contribution is 2.51. The van der Waals surface area contributed by atoms with Crippen molar-refractivity contribution >= 4 is 0 Å². The van der Waals surface area contributed by atoms with Crippen LogP contribution in [0.4, 0.5) is 0 Å². The maximum Gasteiger partial charge on any atom is 0.0462 e. The molecule has 2 N–H and O–H groups in total. The van der Waals surface area contributed by atoms with Gasteiger partial charge in [-0.2, -0.15) is 0 Å². The molecule has 0 bridgehead atoms. The molecule has 1 aliphatic carbocycles. The number of nitrogens with two attached hydrogens (primary N) is 1. The number of ether oxygens (including phenoxy) is 1. The van der Waals surface area contributed by atoms with Gasteiger partial charge in [-0.1, -0.05) is 30.3 Å². The van der Waals surface area contributed by atoms with E-state index in [4.69, 9.17) is 10.5 Å². The monoisotopic (exact) mass is 219 g/mol. The number of hydrogen-bond donors (Lipinski definition) is 1. The number of methoxy groups -OCH3 is 1. The molecule has 0 aromatic heterocycles. The zero-order valence-electron chi connectivity index (χ0n) is 9.99. The van der Waals surface area contributed by atoms with Crippen molar-refractivity contribution in [3.63, 3.8) is 0 Å². The Morgan fingerprint density at radius 3 is 2.56 bits per heavy atom. The van der Waals surface area contributed by atoms with Crippen molar-refractivity contribution in [1.29, 1.82) is 0 Å². The first-order valence-electron chi connectivity index (χ1n) is 6.09. The van der Waals surface area contributed by atoms with Gasteiger partial charge in [0.25, 0.3) is 0 Å². The third-order valence-electron chi connectivity index (χ3n) is 3.71. The Bertz CT molecular complexity index is 319. The summed E-state index contributed by atoms with van der Waals surface area (Å²) in [4.78, 5) is 0. The van der Waals surface area contributed by atoms with Gasteiger partial charge in [0.15, 0.2) is 0 Å². The highest BCUT2D eigenvalue weighted by atomic mass is 16.5. The van der Waals surface area contributed by atoms with Crippen molar-refractivity contribution in [2.24, 2.45) is 5.73 Å². The van der Waals surface area contributed by atoms with Crippen molar-refractivity contribution in [2.45, 2.75) is 37.1 Å². The van der Waals surface area contributed by atoms with Gasteiger partial charge in [-0.25, -0.2) is 0 Å². The van der Waals surface area contributed by atoms with Crippen molar-refractivity contribution in [3.05, 3.63) is 35.9 Å².